The largest absolute Gasteiger partial charge is 0.325 e. The van der Waals surface area contributed by atoms with E-state index in [1.54, 1.807) is 12.1 Å². The molecule has 0 saturated carbocycles. The number of anilines is 1. The third-order valence-electron chi connectivity index (χ3n) is 3.00. The Labute approximate surface area is 124 Å². The van der Waals surface area contributed by atoms with Gasteiger partial charge in [-0.1, -0.05) is 24.3 Å². The van der Waals surface area contributed by atoms with E-state index in [9.17, 15) is 4.79 Å². The van der Waals surface area contributed by atoms with Crippen LogP contribution in [-0.2, 0) is 11.3 Å². The van der Waals surface area contributed by atoms with Crippen molar-refractivity contribution in [3.8, 4) is 6.07 Å². The first-order chi connectivity index (χ1) is 10.2. The van der Waals surface area contributed by atoms with Crippen LogP contribution >= 0.6 is 0 Å². The number of hydrogen-bond donors (Lipinski definition) is 2. The van der Waals surface area contributed by atoms with Crippen molar-refractivity contribution in [2.75, 3.05) is 11.9 Å². The predicted octanol–water partition coefficient (Wildman–Crippen LogP) is 2.60. The standard InChI is InChI=1S/C17H17N3O/c1-13-3-2-4-16(9-13)20-17(21)12-19-11-15-7-5-14(10-18)6-8-15/h2-9,19H,11-12H2,1H3,(H,20,21). The van der Waals surface area contributed by atoms with Crippen LogP contribution in [0.3, 0.4) is 0 Å². The Balaban J connectivity index is 1.77. The van der Waals surface area contributed by atoms with Crippen molar-refractivity contribution in [1.82, 2.24) is 5.32 Å². The number of amides is 1. The van der Waals surface area contributed by atoms with Gasteiger partial charge in [0.2, 0.25) is 5.91 Å². The van der Waals surface area contributed by atoms with Gasteiger partial charge < -0.3 is 10.6 Å². The van der Waals surface area contributed by atoms with Crippen molar-refractivity contribution in [2.24, 2.45) is 0 Å². The molecule has 0 saturated heterocycles. The van der Waals surface area contributed by atoms with E-state index in [1.807, 2.05) is 43.3 Å². The lowest BCUT2D eigenvalue weighted by Crippen LogP contribution is -2.27. The molecule has 2 aromatic rings. The number of carbonyl (C=O) groups excluding carboxylic acids is 1. The van der Waals surface area contributed by atoms with Crippen molar-refractivity contribution in [1.29, 1.82) is 5.26 Å². The van der Waals surface area contributed by atoms with E-state index in [-0.39, 0.29) is 12.5 Å². The number of benzene rings is 2. The minimum atomic E-state index is -0.0748. The number of rotatable bonds is 5. The second kappa shape index (κ2) is 7.22. The van der Waals surface area contributed by atoms with E-state index in [0.29, 0.717) is 12.1 Å². The second-order valence-electron chi connectivity index (χ2n) is 4.83. The molecule has 2 N–H and O–H groups in total. The fraction of sp³-hybridized carbons (Fsp3) is 0.176. The highest BCUT2D eigenvalue weighted by Gasteiger charge is 2.02. The van der Waals surface area contributed by atoms with E-state index >= 15 is 0 Å². The molecular formula is C17H17N3O. The van der Waals surface area contributed by atoms with Gasteiger partial charge in [-0.25, -0.2) is 0 Å². The van der Waals surface area contributed by atoms with Crippen LogP contribution in [0.5, 0.6) is 0 Å². The molecule has 0 aliphatic rings. The molecule has 0 aliphatic heterocycles. The molecule has 2 aromatic carbocycles. The van der Waals surface area contributed by atoms with E-state index < -0.39 is 0 Å². The molecular weight excluding hydrogens is 262 g/mol. The van der Waals surface area contributed by atoms with Gasteiger partial charge in [-0.05, 0) is 42.3 Å². The molecule has 4 heteroatoms. The third-order valence-corrected chi connectivity index (χ3v) is 3.00. The SMILES string of the molecule is Cc1cccc(NC(=O)CNCc2ccc(C#N)cc2)c1. The number of nitrogens with zero attached hydrogens (tertiary/aromatic N) is 1. The molecule has 0 aromatic heterocycles. The molecule has 0 unspecified atom stereocenters. The van der Waals surface area contributed by atoms with Crippen molar-refractivity contribution in [2.45, 2.75) is 13.5 Å². The van der Waals surface area contributed by atoms with Crippen LogP contribution in [0, 0.1) is 18.3 Å². The van der Waals surface area contributed by atoms with Crippen LogP contribution in [0.15, 0.2) is 48.5 Å². The van der Waals surface area contributed by atoms with Gasteiger partial charge in [-0.15, -0.1) is 0 Å². The smallest absolute Gasteiger partial charge is 0.238 e. The molecule has 0 radical (unpaired) electrons. The molecule has 0 fully saturated rings. The molecule has 2 rings (SSSR count). The quantitative estimate of drug-likeness (QED) is 0.884. The fourth-order valence-corrected chi connectivity index (χ4v) is 1.95. The summed E-state index contributed by atoms with van der Waals surface area (Å²) in [5, 5.41) is 14.6. The maximum Gasteiger partial charge on any atom is 0.238 e. The normalized spacial score (nSPS) is 9.90. The summed E-state index contributed by atoms with van der Waals surface area (Å²) in [5.74, 6) is -0.0748. The van der Waals surface area contributed by atoms with Gasteiger partial charge in [0.1, 0.15) is 0 Å². The van der Waals surface area contributed by atoms with Crippen LogP contribution < -0.4 is 10.6 Å². The Kier molecular flexibility index (Phi) is 5.08. The fourth-order valence-electron chi connectivity index (χ4n) is 1.95. The summed E-state index contributed by atoms with van der Waals surface area (Å²) < 4.78 is 0. The first-order valence-electron chi connectivity index (χ1n) is 6.73. The third kappa shape index (κ3) is 4.75. The summed E-state index contributed by atoms with van der Waals surface area (Å²) in [4.78, 5) is 11.8. The number of hydrogen-bond acceptors (Lipinski definition) is 3. The van der Waals surface area contributed by atoms with Crippen molar-refractivity contribution < 1.29 is 4.79 Å². The van der Waals surface area contributed by atoms with Crippen molar-refractivity contribution in [3.63, 3.8) is 0 Å². The maximum atomic E-state index is 11.8. The van der Waals surface area contributed by atoms with E-state index in [0.717, 1.165) is 16.8 Å². The van der Waals surface area contributed by atoms with Gasteiger partial charge in [0.05, 0.1) is 18.2 Å². The van der Waals surface area contributed by atoms with Gasteiger partial charge in [0.15, 0.2) is 0 Å². The van der Waals surface area contributed by atoms with Crippen molar-refractivity contribution >= 4 is 11.6 Å². The zero-order valence-corrected chi connectivity index (χ0v) is 11.9. The van der Waals surface area contributed by atoms with Gasteiger partial charge in [-0.2, -0.15) is 5.26 Å². The van der Waals surface area contributed by atoms with Gasteiger partial charge >= 0.3 is 0 Å². The molecule has 0 bridgehead atoms. The highest BCUT2D eigenvalue weighted by atomic mass is 16.1. The minimum absolute atomic E-state index is 0.0748. The second-order valence-corrected chi connectivity index (χ2v) is 4.83. The Morgan fingerprint density at radius 2 is 1.95 bits per heavy atom. The molecule has 1 amide bonds. The average molecular weight is 279 g/mol. The number of nitrogens with one attached hydrogen (secondary N) is 2. The maximum absolute atomic E-state index is 11.8. The first kappa shape index (κ1) is 14.8. The number of nitriles is 1. The summed E-state index contributed by atoms with van der Waals surface area (Å²) >= 11 is 0. The molecule has 106 valence electrons. The Morgan fingerprint density at radius 1 is 1.19 bits per heavy atom. The summed E-state index contributed by atoms with van der Waals surface area (Å²) in [6.45, 7) is 2.82. The van der Waals surface area contributed by atoms with Crippen LogP contribution in [0.1, 0.15) is 16.7 Å². The van der Waals surface area contributed by atoms with E-state index in [4.69, 9.17) is 5.26 Å². The molecule has 0 atom stereocenters. The first-order valence-corrected chi connectivity index (χ1v) is 6.73. The summed E-state index contributed by atoms with van der Waals surface area (Å²) in [6.07, 6.45) is 0. The average Bonchev–Trinajstić information content (AvgIpc) is 2.48. The van der Waals surface area contributed by atoms with Gasteiger partial charge in [0.25, 0.3) is 0 Å². The summed E-state index contributed by atoms with van der Waals surface area (Å²) in [7, 11) is 0. The molecule has 0 aliphatic carbocycles. The Morgan fingerprint density at radius 3 is 2.62 bits per heavy atom. The molecule has 21 heavy (non-hydrogen) atoms. The number of carbonyl (C=O) groups is 1. The predicted molar refractivity (Wildman–Crippen MR) is 82.7 cm³/mol. The minimum Gasteiger partial charge on any atom is -0.325 e. The van der Waals surface area contributed by atoms with E-state index in [2.05, 4.69) is 16.7 Å². The monoisotopic (exact) mass is 279 g/mol. The lowest BCUT2D eigenvalue weighted by molar-refractivity contribution is -0.115. The number of aryl methyl sites for hydroxylation is 1. The van der Waals surface area contributed by atoms with Crippen molar-refractivity contribution in [3.05, 3.63) is 65.2 Å². The zero-order chi connectivity index (χ0) is 15.1. The van der Waals surface area contributed by atoms with Crippen LogP contribution in [0.25, 0.3) is 0 Å². The molecule has 0 heterocycles. The van der Waals surface area contributed by atoms with Crippen LogP contribution in [0.2, 0.25) is 0 Å². The summed E-state index contributed by atoms with van der Waals surface area (Å²) in [5.41, 5.74) is 3.59. The highest BCUT2D eigenvalue weighted by Crippen LogP contribution is 2.09. The lowest BCUT2D eigenvalue weighted by Gasteiger charge is -2.07. The Hall–Kier alpha value is -2.64. The van der Waals surface area contributed by atoms with Crippen LogP contribution in [0.4, 0.5) is 5.69 Å². The van der Waals surface area contributed by atoms with Gasteiger partial charge in [0, 0.05) is 12.2 Å². The molecule has 4 nitrogen and oxygen atoms in total. The van der Waals surface area contributed by atoms with Crippen LogP contribution in [-0.4, -0.2) is 12.5 Å². The Bertz CT molecular complexity index is 656. The lowest BCUT2D eigenvalue weighted by atomic mass is 10.1. The van der Waals surface area contributed by atoms with E-state index in [1.165, 1.54) is 0 Å². The highest BCUT2D eigenvalue weighted by molar-refractivity contribution is 5.92. The molecule has 0 spiro atoms. The summed E-state index contributed by atoms with van der Waals surface area (Å²) in [6, 6.07) is 17.1. The van der Waals surface area contributed by atoms with Gasteiger partial charge in [-0.3, -0.25) is 4.79 Å². The zero-order valence-electron chi connectivity index (χ0n) is 11.9. The topological polar surface area (TPSA) is 64.9 Å².